The van der Waals surface area contributed by atoms with Crippen molar-refractivity contribution in [2.75, 3.05) is 40.5 Å². The molecular formula is C23H28N4O4. The number of pyridine rings is 1. The molecule has 2 saturated heterocycles. The van der Waals surface area contributed by atoms with Gasteiger partial charge in [-0.05, 0) is 44.2 Å². The summed E-state index contributed by atoms with van der Waals surface area (Å²) in [6.07, 6.45) is 3.02. The average molecular weight is 425 g/mol. The highest BCUT2D eigenvalue weighted by Crippen LogP contribution is 2.36. The van der Waals surface area contributed by atoms with Crippen LogP contribution in [0.5, 0.6) is 17.4 Å². The molecule has 2 aliphatic rings. The zero-order chi connectivity index (χ0) is 21.4. The van der Waals surface area contributed by atoms with Gasteiger partial charge in [0.25, 0.3) is 0 Å². The van der Waals surface area contributed by atoms with E-state index in [1.54, 1.807) is 14.2 Å². The van der Waals surface area contributed by atoms with Gasteiger partial charge in [-0.2, -0.15) is 0 Å². The zero-order valence-electron chi connectivity index (χ0n) is 18.1. The number of ether oxygens (including phenoxy) is 4. The lowest BCUT2D eigenvalue weighted by Gasteiger charge is -2.28. The summed E-state index contributed by atoms with van der Waals surface area (Å²) in [4.78, 5) is 9.62. The van der Waals surface area contributed by atoms with E-state index in [0.717, 1.165) is 41.8 Å². The molecule has 0 bridgehead atoms. The maximum atomic E-state index is 6.48. The van der Waals surface area contributed by atoms with Crippen LogP contribution in [0.2, 0.25) is 0 Å². The monoisotopic (exact) mass is 424 g/mol. The van der Waals surface area contributed by atoms with Crippen LogP contribution >= 0.6 is 0 Å². The van der Waals surface area contributed by atoms with E-state index in [1.165, 1.54) is 0 Å². The molecule has 0 spiro atoms. The van der Waals surface area contributed by atoms with Crippen molar-refractivity contribution >= 4 is 11.0 Å². The van der Waals surface area contributed by atoms with Gasteiger partial charge in [0, 0.05) is 18.0 Å². The molecule has 2 atom stereocenters. The summed E-state index contributed by atoms with van der Waals surface area (Å²) in [5, 5.41) is 3.42. The van der Waals surface area contributed by atoms with Gasteiger partial charge in [0.2, 0.25) is 5.88 Å². The van der Waals surface area contributed by atoms with Crippen LogP contribution in [0.4, 0.5) is 0 Å². The zero-order valence-corrected chi connectivity index (χ0v) is 18.1. The Kier molecular flexibility index (Phi) is 5.41. The van der Waals surface area contributed by atoms with Crippen molar-refractivity contribution in [1.29, 1.82) is 0 Å². The largest absolute Gasteiger partial charge is 0.493 e. The molecule has 31 heavy (non-hydrogen) atoms. The summed E-state index contributed by atoms with van der Waals surface area (Å²) in [7, 11) is 3.26. The smallest absolute Gasteiger partial charge is 0.241 e. The van der Waals surface area contributed by atoms with Gasteiger partial charge in [-0.3, -0.25) is 0 Å². The first-order valence-electron chi connectivity index (χ1n) is 10.7. The van der Waals surface area contributed by atoms with Crippen LogP contribution in [0.3, 0.4) is 0 Å². The highest BCUT2D eigenvalue weighted by molar-refractivity contribution is 5.85. The third-order valence-corrected chi connectivity index (χ3v) is 6.27. The van der Waals surface area contributed by atoms with Crippen LogP contribution in [0.1, 0.15) is 19.4 Å². The average Bonchev–Trinajstić information content (AvgIpc) is 3.43. The number of aromatic nitrogens is 3. The molecular weight excluding hydrogens is 396 g/mol. The molecule has 2 aliphatic heterocycles. The molecule has 0 saturated carbocycles. The van der Waals surface area contributed by atoms with Crippen LogP contribution in [-0.4, -0.2) is 61.2 Å². The van der Waals surface area contributed by atoms with E-state index in [9.17, 15) is 0 Å². The van der Waals surface area contributed by atoms with Crippen molar-refractivity contribution in [2.24, 2.45) is 5.92 Å². The van der Waals surface area contributed by atoms with Crippen molar-refractivity contribution < 1.29 is 18.9 Å². The van der Waals surface area contributed by atoms with Crippen molar-refractivity contribution in [3.05, 3.63) is 30.6 Å². The summed E-state index contributed by atoms with van der Waals surface area (Å²) >= 11 is 0. The lowest BCUT2D eigenvalue weighted by Crippen LogP contribution is -2.30. The van der Waals surface area contributed by atoms with E-state index in [4.69, 9.17) is 23.9 Å². The fourth-order valence-electron chi connectivity index (χ4n) is 4.26. The molecule has 3 aromatic rings. The minimum Gasteiger partial charge on any atom is -0.493 e. The van der Waals surface area contributed by atoms with Gasteiger partial charge in [0.1, 0.15) is 11.6 Å². The molecule has 0 radical (unpaired) electrons. The second-order valence-electron chi connectivity index (χ2n) is 8.17. The second kappa shape index (κ2) is 8.36. The van der Waals surface area contributed by atoms with Gasteiger partial charge in [-0.25, -0.2) is 9.97 Å². The van der Waals surface area contributed by atoms with Gasteiger partial charge in [-0.15, -0.1) is 0 Å². The van der Waals surface area contributed by atoms with Crippen LogP contribution in [0, 0.1) is 5.92 Å². The maximum absolute atomic E-state index is 6.48. The quantitative estimate of drug-likeness (QED) is 0.624. The predicted octanol–water partition coefficient (Wildman–Crippen LogP) is 3.06. The van der Waals surface area contributed by atoms with E-state index in [1.807, 2.05) is 30.6 Å². The first kappa shape index (κ1) is 20.1. The number of imidazole rings is 1. The van der Waals surface area contributed by atoms with Crippen LogP contribution in [-0.2, 0) is 4.74 Å². The molecule has 8 nitrogen and oxygen atoms in total. The fraction of sp³-hybridized carbons (Fsp3) is 0.478. The van der Waals surface area contributed by atoms with E-state index in [0.29, 0.717) is 36.5 Å². The Hall–Kier alpha value is -2.84. The van der Waals surface area contributed by atoms with Crippen LogP contribution in [0.15, 0.2) is 30.6 Å². The van der Waals surface area contributed by atoms with Crippen molar-refractivity contribution in [1.82, 2.24) is 19.9 Å². The van der Waals surface area contributed by atoms with E-state index < -0.39 is 0 Å². The molecule has 4 heterocycles. The number of methoxy groups -OCH3 is 2. The molecule has 2 aromatic heterocycles. The number of rotatable bonds is 7. The van der Waals surface area contributed by atoms with Crippen LogP contribution < -0.4 is 19.5 Å². The first-order chi connectivity index (χ1) is 15.2. The number of hydrogen-bond acceptors (Lipinski definition) is 7. The Morgan fingerprint density at radius 2 is 2.00 bits per heavy atom. The van der Waals surface area contributed by atoms with Gasteiger partial charge < -0.3 is 28.8 Å². The first-order valence-corrected chi connectivity index (χ1v) is 10.7. The highest BCUT2D eigenvalue weighted by atomic mass is 16.5. The number of nitrogens with zero attached hydrogens (tertiary/aromatic N) is 3. The summed E-state index contributed by atoms with van der Waals surface area (Å²) in [6.45, 7) is 5.50. The third-order valence-electron chi connectivity index (χ3n) is 6.27. The van der Waals surface area contributed by atoms with Gasteiger partial charge >= 0.3 is 0 Å². The Balaban J connectivity index is 1.58. The number of hydrogen-bond donors (Lipinski definition) is 1. The molecule has 0 aliphatic carbocycles. The molecule has 0 amide bonds. The predicted molar refractivity (Wildman–Crippen MR) is 117 cm³/mol. The number of fused-ring (bicyclic) bond motifs is 1. The Bertz CT molecular complexity index is 1070. The Morgan fingerprint density at radius 3 is 2.68 bits per heavy atom. The third kappa shape index (κ3) is 3.70. The minimum atomic E-state index is 0.0485. The van der Waals surface area contributed by atoms with Crippen molar-refractivity contribution in [2.45, 2.75) is 25.5 Å². The summed E-state index contributed by atoms with van der Waals surface area (Å²) in [5.74, 6) is 2.42. The molecule has 5 rings (SSSR count). The van der Waals surface area contributed by atoms with E-state index >= 15 is 0 Å². The molecule has 1 aromatic carbocycles. The maximum Gasteiger partial charge on any atom is 0.241 e. The standard InChI is InChI=1S/C23H28N4O4/c1-14(16-6-7-24-10-16)31-23-22-19(25-13-27(22)17-11-30-12-17)9-18(26-23)15-4-5-20(28-2)21(8-15)29-3/h4-5,8-9,13-14,16-17,24H,6-7,10-12H2,1-3H3/t14-,16-/m1/s1. The van der Waals surface area contributed by atoms with E-state index in [2.05, 4.69) is 21.8 Å². The molecule has 0 unspecified atom stereocenters. The molecule has 8 heteroatoms. The van der Waals surface area contributed by atoms with Crippen LogP contribution in [0.25, 0.3) is 22.3 Å². The lowest BCUT2D eigenvalue weighted by atomic mass is 10.0. The minimum absolute atomic E-state index is 0.0485. The van der Waals surface area contributed by atoms with Gasteiger partial charge in [0.05, 0.1) is 51.0 Å². The lowest BCUT2D eigenvalue weighted by molar-refractivity contribution is -0.0218. The normalized spacial score (nSPS) is 19.9. The second-order valence-corrected chi connectivity index (χ2v) is 8.17. The highest BCUT2D eigenvalue weighted by Gasteiger charge is 2.28. The number of benzene rings is 1. The molecule has 164 valence electrons. The molecule has 2 fully saturated rings. The Labute approximate surface area is 181 Å². The summed E-state index contributed by atoms with van der Waals surface area (Å²) < 4.78 is 24.9. The topological polar surface area (TPSA) is 79.7 Å². The van der Waals surface area contributed by atoms with Gasteiger partial charge in [-0.1, -0.05) is 0 Å². The van der Waals surface area contributed by atoms with Gasteiger partial charge in [0.15, 0.2) is 11.5 Å². The van der Waals surface area contributed by atoms with Crippen molar-refractivity contribution in [3.8, 4) is 28.6 Å². The summed E-state index contributed by atoms with van der Waals surface area (Å²) in [6, 6.07) is 8.06. The Morgan fingerprint density at radius 1 is 1.16 bits per heavy atom. The van der Waals surface area contributed by atoms with E-state index in [-0.39, 0.29) is 12.1 Å². The number of nitrogens with one attached hydrogen (secondary N) is 1. The SMILES string of the molecule is COc1ccc(-c2cc3ncn(C4COC4)c3c(O[C@H](C)[C@@H]3CCNC3)n2)cc1OC. The van der Waals surface area contributed by atoms with Crippen molar-refractivity contribution in [3.63, 3.8) is 0 Å². The summed E-state index contributed by atoms with van der Waals surface area (Å²) in [5.41, 5.74) is 3.49. The fourth-order valence-corrected chi connectivity index (χ4v) is 4.26. The molecule has 1 N–H and O–H groups in total.